The van der Waals surface area contributed by atoms with Crippen molar-refractivity contribution in [3.05, 3.63) is 186 Å². The quantitative estimate of drug-likeness (QED) is 0.162. The van der Waals surface area contributed by atoms with Crippen molar-refractivity contribution in [3.8, 4) is 50.7 Å². The van der Waals surface area contributed by atoms with Crippen molar-refractivity contribution < 1.29 is 4.42 Å². The molecule has 0 N–H and O–H groups in total. The highest BCUT2D eigenvalue weighted by Crippen LogP contribution is 2.45. The highest BCUT2D eigenvalue weighted by Gasteiger charge is 2.24. The van der Waals surface area contributed by atoms with Gasteiger partial charge in [-0.1, -0.05) is 140 Å². The first-order valence-electron chi connectivity index (χ1n) is 19.3. The topological polar surface area (TPSA) is 43.9 Å². The summed E-state index contributed by atoms with van der Waals surface area (Å²) in [7, 11) is 0. The van der Waals surface area contributed by atoms with E-state index in [1.54, 1.807) is 0 Å². The summed E-state index contributed by atoms with van der Waals surface area (Å²) < 4.78 is 12.6. The lowest BCUT2D eigenvalue weighted by Crippen LogP contribution is -2.03. The lowest BCUT2D eigenvalue weighted by molar-refractivity contribution is 0.671. The van der Waals surface area contributed by atoms with Crippen molar-refractivity contribution in [2.75, 3.05) is 0 Å². The van der Waals surface area contributed by atoms with Gasteiger partial charge in [0.2, 0.25) is 0 Å². The second-order valence-electron chi connectivity index (χ2n) is 14.6. The van der Waals surface area contributed by atoms with Gasteiger partial charge in [0.1, 0.15) is 5.58 Å². The van der Waals surface area contributed by atoms with Gasteiger partial charge < -0.3 is 8.98 Å². The van der Waals surface area contributed by atoms with Gasteiger partial charge in [0, 0.05) is 58.4 Å². The number of hydrogen-bond donors (Lipinski definition) is 0. The fraction of sp³-hybridized carbons (Fsp3) is 0. The summed E-state index contributed by atoms with van der Waals surface area (Å²) in [6.45, 7) is 0. The van der Waals surface area contributed by atoms with E-state index in [-0.39, 0.29) is 0 Å². The van der Waals surface area contributed by atoms with Gasteiger partial charge in [0.05, 0.1) is 31.7 Å². The number of aromatic nitrogens is 3. The van der Waals surface area contributed by atoms with Crippen LogP contribution in [0.25, 0.3) is 115 Å². The Balaban J connectivity index is 1.11. The first-order valence-corrected chi connectivity index (χ1v) is 21.2. The zero-order valence-electron chi connectivity index (χ0n) is 30.9. The van der Waals surface area contributed by atoms with Crippen LogP contribution < -0.4 is 0 Å². The zero-order chi connectivity index (χ0) is 38.3. The van der Waals surface area contributed by atoms with Gasteiger partial charge in [-0.05, 0) is 76.2 Å². The molecular weight excluding hydrogens is 842 g/mol. The summed E-state index contributed by atoms with van der Waals surface area (Å²) in [5.74, 6) is 0.662. The first-order chi connectivity index (χ1) is 28.7. The number of nitrogens with zero attached hydrogens (tertiary/aromatic N) is 3. The Morgan fingerprint density at radius 1 is 0.483 bits per heavy atom. The summed E-state index contributed by atoms with van der Waals surface area (Å²) in [4.78, 5) is 10.9. The number of rotatable bonds is 5. The molecule has 0 unspecified atom stereocenters. The number of fused-ring (bicyclic) bond motifs is 10. The predicted octanol–water partition coefficient (Wildman–Crippen LogP) is 15.1. The van der Waals surface area contributed by atoms with Gasteiger partial charge in [0.25, 0.3) is 0 Å². The van der Waals surface area contributed by atoms with Crippen molar-refractivity contribution in [2.24, 2.45) is 0 Å². The molecule has 0 radical (unpaired) electrons. The molecule has 0 fully saturated rings. The molecule has 0 atom stereocenters. The lowest BCUT2D eigenvalue weighted by Gasteiger charge is -2.16. The SMILES string of the molecule is Ic1c(-c2ccccc2)nc(-c2ccccc2-n2c3ccccc3c3ccc4c5ccccc5oc4c32)nc1-c1ccc2c(c1)sc1cccc(-c3ccccc3)c12. The fourth-order valence-electron chi connectivity index (χ4n) is 8.72. The minimum Gasteiger partial charge on any atom is -0.454 e. The standard InChI is InChI=1S/C52H30IN3OS/c53-47-48(32-16-5-2-6-17-32)54-52(55-49(47)33-26-27-40-45(30-33)58-44-25-13-21-34(46(40)44)31-14-3-1-4-15-31)39-20-8-11-23-42(39)56-41-22-10-7-18-35(41)37-28-29-38-36-19-9-12-24-43(36)57-51(38)50(37)56/h1-30H. The summed E-state index contributed by atoms with van der Waals surface area (Å²) in [6, 6.07) is 64.5. The molecule has 12 rings (SSSR count). The van der Waals surface area contributed by atoms with Crippen molar-refractivity contribution in [3.63, 3.8) is 0 Å². The number of benzene rings is 8. The number of halogens is 1. The molecule has 8 aromatic carbocycles. The highest BCUT2D eigenvalue weighted by atomic mass is 127. The van der Waals surface area contributed by atoms with E-state index in [4.69, 9.17) is 14.4 Å². The van der Waals surface area contributed by atoms with Gasteiger partial charge in [-0.3, -0.25) is 0 Å². The van der Waals surface area contributed by atoms with E-state index in [1.165, 1.54) is 31.3 Å². The van der Waals surface area contributed by atoms with Crippen LogP contribution in [0.3, 0.4) is 0 Å². The molecule has 0 bridgehead atoms. The average molecular weight is 872 g/mol. The van der Waals surface area contributed by atoms with Crippen molar-refractivity contribution in [1.29, 1.82) is 0 Å². The molecule has 0 aliphatic rings. The Morgan fingerprint density at radius 3 is 1.98 bits per heavy atom. The Bertz CT molecular complexity index is 3590. The van der Waals surface area contributed by atoms with Gasteiger partial charge in [-0.25, -0.2) is 9.97 Å². The molecule has 4 heterocycles. The highest BCUT2D eigenvalue weighted by molar-refractivity contribution is 14.1. The van der Waals surface area contributed by atoms with Crippen LogP contribution in [0.1, 0.15) is 0 Å². The van der Waals surface area contributed by atoms with Gasteiger partial charge >= 0.3 is 0 Å². The van der Waals surface area contributed by atoms with Gasteiger partial charge in [-0.2, -0.15) is 0 Å². The molecule has 0 saturated carbocycles. The average Bonchev–Trinajstić information content (AvgIpc) is 3.96. The van der Waals surface area contributed by atoms with Crippen LogP contribution in [-0.2, 0) is 0 Å². The second-order valence-corrected chi connectivity index (χ2v) is 16.8. The molecule has 0 spiro atoms. The third-order valence-electron chi connectivity index (χ3n) is 11.3. The normalized spacial score (nSPS) is 11.9. The van der Waals surface area contributed by atoms with Gasteiger partial charge in [0.15, 0.2) is 11.4 Å². The first kappa shape index (κ1) is 33.5. The van der Waals surface area contributed by atoms with Crippen LogP contribution in [0.15, 0.2) is 186 Å². The smallest absolute Gasteiger partial charge is 0.162 e. The van der Waals surface area contributed by atoms with E-state index < -0.39 is 0 Å². The van der Waals surface area contributed by atoms with Crippen molar-refractivity contribution in [1.82, 2.24) is 14.5 Å². The second kappa shape index (κ2) is 13.2. The van der Waals surface area contributed by atoms with E-state index >= 15 is 0 Å². The minimum atomic E-state index is 0.662. The van der Waals surface area contributed by atoms with Crippen molar-refractivity contribution in [2.45, 2.75) is 0 Å². The molecule has 0 amide bonds. The van der Waals surface area contributed by atoms with Crippen molar-refractivity contribution >= 4 is 97.8 Å². The Hall–Kier alpha value is -6.61. The summed E-state index contributed by atoms with van der Waals surface area (Å²) in [6.07, 6.45) is 0. The minimum absolute atomic E-state index is 0.662. The molecule has 4 nitrogen and oxygen atoms in total. The van der Waals surface area contributed by atoms with Crippen LogP contribution >= 0.6 is 33.9 Å². The number of furan rings is 1. The number of thiophene rings is 1. The number of hydrogen-bond acceptors (Lipinski definition) is 4. The Kier molecular flexibility index (Phi) is 7.65. The molecule has 12 aromatic rings. The van der Waals surface area contributed by atoms with Crippen LogP contribution in [0.4, 0.5) is 0 Å². The molecule has 0 saturated heterocycles. The maximum atomic E-state index is 6.71. The molecule has 0 aliphatic carbocycles. The summed E-state index contributed by atoms with van der Waals surface area (Å²) in [5, 5.41) is 7.05. The molecule has 58 heavy (non-hydrogen) atoms. The van der Waals surface area contributed by atoms with Crippen LogP contribution in [0.2, 0.25) is 0 Å². The van der Waals surface area contributed by atoms with E-state index in [0.717, 1.165) is 81.1 Å². The number of para-hydroxylation sites is 3. The maximum Gasteiger partial charge on any atom is 0.162 e. The Labute approximate surface area is 350 Å². The monoisotopic (exact) mass is 871 g/mol. The summed E-state index contributed by atoms with van der Waals surface area (Å²) in [5.41, 5.74) is 12.2. The zero-order valence-corrected chi connectivity index (χ0v) is 33.8. The molecule has 272 valence electrons. The van der Waals surface area contributed by atoms with E-state index in [9.17, 15) is 0 Å². The summed E-state index contributed by atoms with van der Waals surface area (Å²) >= 11 is 4.29. The van der Waals surface area contributed by atoms with E-state index in [0.29, 0.717) is 5.82 Å². The molecule has 6 heteroatoms. The molecule has 4 aromatic heterocycles. The van der Waals surface area contributed by atoms with Crippen LogP contribution in [-0.4, -0.2) is 14.5 Å². The van der Waals surface area contributed by atoms with Crippen LogP contribution in [0, 0.1) is 3.57 Å². The van der Waals surface area contributed by atoms with E-state index in [2.05, 4.69) is 197 Å². The third kappa shape index (κ3) is 5.11. The molecule has 0 aliphatic heterocycles. The fourth-order valence-corrected chi connectivity index (χ4v) is 10.8. The Morgan fingerprint density at radius 2 is 1.14 bits per heavy atom. The maximum absolute atomic E-state index is 6.71. The largest absolute Gasteiger partial charge is 0.454 e. The van der Waals surface area contributed by atoms with E-state index in [1.807, 2.05) is 23.5 Å². The third-order valence-corrected chi connectivity index (χ3v) is 13.5. The predicted molar refractivity (Wildman–Crippen MR) is 251 cm³/mol. The molecular formula is C52H30IN3OS. The van der Waals surface area contributed by atoms with Crippen LogP contribution in [0.5, 0.6) is 0 Å². The van der Waals surface area contributed by atoms with Gasteiger partial charge in [-0.15, -0.1) is 11.3 Å². The lowest BCUT2D eigenvalue weighted by atomic mass is 9.98.